The second kappa shape index (κ2) is 6.21. The second-order valence-corrected chi connectivity index (χ2v) is 5.20. The predicted molar refractivity (Wildman–Crippen MR) is 70.9 cm³/mol. The molecular formula is C13H17F3N2O3. The van der Waals surface area contributed by atoms with Crippen molar-refractivity contribution in [2.45, 2.75) is 39.3 Å². The molecule has 1 rings (SSSR count). The average molecular weight is 306 g/mol. The first-order valence-corrected chi connectivity index (χ1v) is 6.09. The number of nitrogens with one attached hydrogen (secondary N) is 1. The van der Waals surface area contributed by atoms with Gasteiger partial charge in [0, 0.05) is 23.9 Å². The van der Waals surface area contributed by atoms with Crippen LogP contribution >= 0.6 is 0 Å². The first-order chi connectivity index (χ1) is 9.50. The second-order valence-electron chi connectivity index (χ2n) is 5.20. The molecule has 1 aromatic carbocycles. The van der Waals surface area contributed by atoms with Gasteiger partial charge in [0.2, 0.25) is 0 Å². The summed E-state index contributed by atoms with van der Waals surface area (Å²) >= 11 is 0. The molecule has 0 unspecified atom stereocenters. The van der Waals surface area contributed by atoms with Crippen LogP contribution in [-0.4, -0.2) is 18.1 Å². The first-order valence-electron chi connectivity index (χ1n) is 6.09. The van der Waals surface area contributed by atoms with E-state index >= 15 is 0 Å². The maximum Gasteiger partial charge on any atom is 0.573 e. The van der Waals surface area contributed by atoms with E-state index < -0.39 is 23.8 Å². The monoisotopic (exact) mass is 306 g/mol. The number of nitrogens with two attached hydrogens (primary N) is 1. The summed E-state index contributed by atoms with van der Waals surface area (Å²) in [5.41, 5.74) is 4.91. The molecule has 0 saturated heterocycles. The lowest BCUT2D eigenvalue weighted by Crippen LogP contribution is -2.27. The number of ether oxygens (including phenoxy) is 2. The van der Waals surface area contributed by atoms with Crippen LogP contribution in [0.25, 0.3) is 0 Å². The van der Waals surface area contributed by atoms with Gasteiger partial charge in [-0.25, -0.2) is 4.79 Å². The Morgan fingerprint density at radius 3 is 2.38 bits per heavy atom. The summed E-state index contributed by atoms with van der Waals surface area (Å²) < 4.78 is 45.8. The minimum atomic E-state index is -4.84. The number of hydrogen-bond acceptors (Lipinski definition) is 4. The molecule has 1 aromatic rings. The van der Waals surface area contributed by atoms with Crippen molar-refractivity contribution in [1.29, 1.82) is 0 Å². The van der Waals surface area contributed by atoms with Gasteiger partial charge >= 0.3 is 12.5 Å². The number of amides is 1. The summed E-state index contributed by atoms with van der Waals surface area (Å²) in [4.78, 5) is 11.6. The maximum absolute atomic E-state index is 12.3. The van der Waals surface area contributed by atoms with Crippen LogP contribution in [0.15, 0.2) is 18.2 Å². The van der Waals surface area contributed by atoms with Crippen molar-refractivity contribution in [3.63, 3.8) is 0 Å². The molecule has 3 N–H and O–H groups in total. The molecule has 0 spiro atoms. The zero-order chi connectivity index (χ0) is 16.3. The fraction of sp³-hybridized carbons (Fsp3) is 0.462. The van der Waals surface area contributed by atoms with Gasteiger partial charge in [0.25, 0.3) is 0 Å². The summed E-state index contributed by atoms with van der Waals surface area (Å²) in [5.74, 6) is -0.460. The van der Waals surface area contributed by atoms with E-state index in [0.717, 1.165) is 6.07 Å². The van der Waals surface area contributed by atoms with Crippen LogP contribution in [0.1, 0.15) is 26.3 Å². The third-order valence-corrected chi connectivity index (χ3v) is 2.16. The number of alkyl halides is 3. The Kier molecular flexibility index (Phi) is 5.06. The molecule has 0 bridgehead atoms. The Morgan fingerprint density at radius 1 is 1.29 bits per heavy atom. The molecule has 1 amide bonds. The first kappa shape index (κ1) is 17.1. The third kappa shape index (κ3) is 6.35. The fourth-order valence-corrected chi connectivity index (χ4v) is 1.44. The number of halogens is 3. The zero-order valence-electron chi connectivity index (χ0n) is 11.9. The van der Waals surface area contributed by atoms with Gasteiger partial charge < -0.3 is 15.2 Å². The van der Waals surface area contributed by atoms with Crippen LogP contribution in [0, 0.1) is 0 Å². The normalized spacial score (nSPS) is 12.0. The van der Waals surface area contributed by atoms with Crippen LogP contribution < -0.4 is 15.8 Å². The highest BCUT2D eigenvalue weighted by Gasteiger charge is 2.32. The molecule has 0 radical (unpaired) electrons. The number of carbonyl (C=O) groups excluding carboxylic acids is 1. The van der Waals surface area contributed by atoms with Crippen molar-refractivity contribution in [3.05, 3.63) is 23.8 Å². The summed E-state index contributed by atoms with van der Waals surface area (Å²) in [6.45, 7) is 4.88. The number of rotatable bonds is 3. The van der Waals surface area contributed by atoms with Crippen LogP contribution in [0.5, 0.6) is 5.75 Å². The van der Waals surface area contributed by atoms with Gasteiger partial charge in [-0.05, 0) is 26.8 Å². The summed E-state index contributed by atoms with van der Waals surface area (Å²) in [6, 6.07) is 3.79. The van der Waals surface area contributed by atoms with E-state index in [4.69, 9.17) is 10.5 Å². The fourth-order valence-electron chi connectivity index (χ4n) is 1.44. The van der Waals surface area contributed by atoms with Crippen molar-refractivity contribution in [2.24, 2.45) is 5.73 Å². The molecule has 0 aromatic heterocycles. The van der Waals surface area contributed by atoms with E-state index in [1.807, 2.05) is 0 Å². The molecule has 0 fully saturated rings. The summed E-state index contributed by atoms with van der Waals surface area (Å²) in [5, 5.41) is 2.33. The number of hydrogen-bond donors (Lipinski definition) is 2. The molecule has 8 heteroatoms. The Labute approximate surface area is 120 Å². The SMILES string of the molecule is CC(C)(C)OC(=O)Nc1ccc(CN)c(OC(F)(F)F)c1. The third-order valence-electron chi connectivity index (χ3n) is 2.16. The zero-order valence-corrected chi connectivity index (χ0v) is 11.9. The molecule has 0 aliphatic rings. The van der Waals surface area contributed by atoms with E-state index in [9.17, 15) is 18.0 Å². The average Bonchev–Trinajstić information content (AvgIpc) is 2.24. The molecule has 0 heterocycles. The molecule has 5 nitrogen and oxygen atoms in total. The molecule has 0 aliphatic carbocycles. The summed E-state index contributed by atoms with van der Waals surface area (Å²) in [7, 11) is 0. The molecular weight excluding hydrogens is 289 g/mol. The van der Waals surface area contributed by atoms with E-state index in [1.165, 1.54) is 12.1 Å². The Hall–Kier alpha value is -1.96. The van der Waals surface area contributed by atoms with Gasteiger partial charge in [0.05, 0.1) is 0 Å². The molecule has 0 aliphatic heterocycles. The van der Waals surface area contributed by atoms with Gasteiger partial charge in [-0.1, -0.05) is 6.07 Å². The van der Waals surface area contributed by atoms with Crippen LogP contribution in [-0.2, 0) is 11.3 Å². The molecule has 118 valence electrons. The van der Waals surface area contributed by atoms with Crippen LogP contribution in [0.4, 0.5) is 23.7 Å². The molecule has 0 saturated carbocycles. The van der Waals surface area contributed by atoms with Gasteiger partial charge in [-0.15, -0.1) is 13.2 Å². The lowest BCUT2D eigenvalue weighted by Gasteiger charge is -2.20. The maximum atomic E-state index is 12.3. The largest absolute Gasteiger partial charge is 0.573 e. The minimum absolute atomic E-state index is 0.112. The van der Waals surface area contributed by atoms with Crippen molar-refractivity contribution >= 4 is 11.8 Å². The van der Waals surface area contributed by atoms with Crippen molar-refractivity contribution in [1.82, 2.24) is 0 Å². The smallest absolute Gasteiger partial charge is 0.444 e. The lowest BCUT2D eigenvalue weighted by molar-refractivity contribution is -0.274. The molecule has 21 heavy (non-hydrogen) atoms. The van der Waals surface area contributed by atoms with E-state index in [1.54, 1.807) is 20.8 Å². The topological polar surface area (TPSA) is 73.6 Å². The van der Waals surface area contributed by atoms with Crippen LogP contribution in [0.3, 0.4) is 0 Å². The van der Waals surface area contributed by atoms with Crippen molar-refractivity contribution in [3.8, 4) is 5.75 Å². The predicted octanol–water partition coefficient (Wildman–Crippen LogP) is 3.39. The lowest BCUT2D eigenvalue weighted by atomic mass is 10.2. The highest BCUT2D eigenvalue weighted by atomic mass is 19.4. The highest BCUT2D eigenvalue weighted by molar-refractivity contribution is 5.85. The van der Waals surface area contributed by atoms with Gasteiger partial charge in [0.15, 0.2) is 0 Å². The van der Waals surface area contributed by atoms with Crippen LogP contribution in [0.2, 0.25) is 0 Å². The van der Waals surface area contributed by atoms with E-state index in [0.29, 0.717) is 0 Å². The van der Waals surface area contributed by atoms with Gasteiger partial charge in [0.1, 0.15) is 11.4 Å². The minimum Gasteiger partial charge on any atom is -0.444 e. The van der Waals surface area contributed by atoms with E-state index in [-0.39, 0.29) is 17.8 Å². The Bertz CT molecular complexity index is 510. The Balaban J connectivity index is 2.90. The Morgan fingerprint density at radius 2 is 1.90 bits per heavy atom. The summed E-state index contributed by atoms with van der Waals surface area (Å²) in [6.07, 6.45) is -5.62. The number of carbonyl (C=O) groups is 1. The number of benzene rings is 1. The van der Waals surface area contributed by atoms with E-state index in [2.05, 4.69) is 10.1 Å². The van der Waals surface area contributed by atoms with Crippen molar-refractivity contribution in [2.75, 3.05) is 5.32 Å². The standard InChI is InChI=1S/C13H17F3N2O3/c1-12(2,3)21-11(19)18-9-5-4-8(7-17)10(6-9)20-13(14,15)16/h4-6H,7,17H2,1-3H3,(H,18,19). The quantitative estimate of drug-likeness (QED) is 0.897. The van der Waals surface area contributed by atoms with Crippen molar-refractivity contribution < 1.29 is 27.4 Å². The van der Waals surface area contributed by atoms with Gasteiger partial charge in [-0.2, -0.15) is 0 Å². The molecule has 0 atom stereocenters. The van der Waals surface area contributed by atoms with Gasteiger partial charge in [-0.3, -0.25) is 5.32 Å². The highest BCUT2D eigenvalue weighted by Crippen LogP contribution is 2.29. The number of anilines is 1.